The third kappa shape index (κ3) is 3.73. The highest BCUT2D eigenvalue weighted by Gasteiger charge is 2.66. The number of hydrogen-bond acceptors (Lipinski definition) is 5. The molecule has 1 saturated heterocycles. The van der Waals surface area contributed by atoms with Crippen LogP contribution in [0.2, 0.25) is 0 Å². The smallest absolute Gasteiger partial charge is 0.330 e. The fourth-order valence-electron chi connectivity index (χ4n) is 3.97. The molecule has 1 saturated carbocycles. The molecule has 1 aliphatic heterocycles. The average molecular weight is 391 g/mol. The van der Waals surface area contributed by atoms with Crippen LogP contribution in [0.1, 0.15) is 50.4 Å². The van der Waals surface area contributed by atoms with E-state index in [-0.39, 0.29) is 18.6 Å². The highest BCUT2D eigenvalue weighted by molar-refractivity contribution is 5.98. The molecule has 2 aliphatic rings. The van der Waals surface area contributed by atoms with Crippen molar-refractivity contribution in [2.24, 2.45) is 5.41 Å². The van der Waals surface area contributed by atoms with Crippen molar-refractivity contribution < 1.29 is 28.9 Å². The van der Waals surface area contributed by atoms with Crippen LogP contribution in [0.5, 0.6) is 5.75 Å². The van der Waals surface area contributed by atoms with Crippen molar-refractivity contribution in [2.75, 3.05) is 19.8 Å². The first-order chi connectivity index (χ1) is 13.3. The van der Waals surface area contributed by atoms with Gasteiger partial charge in [-0.25, -0.2) is 4.79 Å². The first-order valence-corrected chi connectivity index (χ1v) is 9.82. The third-order valence-corrected chi connectivity index (χ3v) is 6.04. The number of nitrogens with one attached hydrogen (secondary N) is 1. The zero-order chi connectivity index (χ0) is 20.4. The van der Waals surface area contributed by atoms with Crippen LogP contribution in [-0.4, -0.2) is 54.6 Å². The van der Waals surface area contributed by atoms with E-state index >= 15 is 0 Å². The Labute approximate surface area is 165 Å². The summed E-state index contributed by atoms with van der Waals surface area (Å²) in [5.41, 5.74) is -1.66. The van der Waals surface area contributed by atoms with Crippen molar-refractivity contribution in [3.63, 3.8) is 0 Å². The normalized spacial score (nSPS) is 26.9. The molecule has 0 aromatic heterocycles. The topological polar surface area (TPSA) is 94.1 Å². The number of rotatable bonds is 7. The number of ether oxygens (including phenoxy) is 3. The Morgan fingerprint density at radius 1 is 1.21 bits per heavy atom. The van der Waals surface area contributed by atoms with Crippen molar-refractivity contribution in [3.8, 4) is 5.75 Å². The van der Waals surface area contributed by atoms with Crippen molar-refractivity contribution in [1.29, 1.82) is 0 Å². The number of amides is 1. The number of carboxylic acid groups (broad SMARTS) is 1. The molecule has 1 aromatic carbocycles. The number of hydrogen-bond donors (Lipinski definition) is 2. The maximum atomic E-state index is 12.7. The predicted octanol–water partition coefficient (Wildman–Crippen LogP) is 2.63. The van der Waals surface area contributed by atoms with Gasteiger partial charge in [-0.15, -0.1) is 0 Å². The van der Waals surface area contributed by atoms with Crippen LogP contribution in [0, 0.1) is 5.41 Å². The van der Waals surface area contributed by atoms with Crippen LogP contribution in [0.4, 0.5) is 0 Å². The Morgan fingerprint density at radius 3 is 2.39 bits per heavy atom. The summed E-state index contributed by atoms with van der Waals surface area (Å²) < 4.78 is 16.9. The van der Waals surface area contributed by atoms with Gasteiger partial charge in [0.25, 0.3) is 5.91 Å². The molecule has 28 heavy (non-hydrogen) atoms. The monoisotopic (exact) mass is 391 g/mol. The lowest BCUT2D eigenvalue weighted by Gasteiger charge is -2.58. The Bertz CT molecular complexity index is 710. The summed E-state index contributed by atoms with van der Waals surface area (Å²) in [7, 11) is 0. The van der Waals surface area contributed by atoms with E-state index in [0.29, 0.717) is 31.1 Å². The van der Waals surface area contributed by atoms with Crippen LogP contribution in [0.25, 0.3) is 0 Å². The van der Waals surface area contributed by atoms with Gasteiger partial charge in [0.05, 0.1) is 19.3 Å². The summed E-state index contributed by atoms with van der Waals surface area (Å²) in [4.78, 5) is 24.7. The number of benzene rings is 1. The lowest BCUT2D eigenvalue weighted by molar-refractivity contribution is -0.190. The number of carbonyl (C=O) groups is 2. The highest BCUT2D eigenvalue weighted by Crippen LogP contribution is 2.51. The van der Waals surface area contributed by atoms with Crippen molar-refractivity contribution in [2.45, 2.75) is 57.8 Å². The zero-order valence-corrected chi connectivity index (χ0v) is 16.7. The van der Waals surface area contributed by atoms with Crippen LogP contribution in [-0.2, 0) is 14.3 Å². The average Bonchev–Trinajstić information content (AvgIpc) is 2.68. The van der Waals surface area contributed by atoms with Crippen LogP contribution < -0.4 is 10.1 Å². The Morgan fingerprint density at radius 2 is 1.86 bits per heavy atom. The third-order valence-electron chi connectivity index (χ3n) is 6.04. The van der Waals surface area contributed by atoms with Crippen molar-refractivity contribution in [3.05, 3.63) is 29.8 Å². The van der Waals surface area contributed by atoms with E-state index in [9.17, 15) is 14.7 Å². The molecule has 154 valence electrons. The second-order valence-corrected chi connectivity index (χ2v) is 7.99. The number of aliphatic carboxylic acids is 1. The minimum absolute atomic E-state index is 0.120. The first-order valence-electron chi connectivity index (χ1n) is 9.82. The molecule has 1 heterocycles. The molecule has 1 aliphatic carbocycles. The number of carbonyl (C=O) groups excluding carboxylic acids is 1. The quantitative estimate of drug-likeness (QED) is 0.742. The van der Waals surface area contributed by atoms with Gasteiger partial charge < -0.3 is 24.6 Å². The molecule has 2 unspecified atom stereocenters. The molecule has 2 fully saturated rings. The van der Waals surface area contributed by atoms with E-state index < -0.39 is 22.8 Å². The lowest BCUT2D eigenvalue weighted by Crippen LogP contribution is -2.76. The summed E-state index contributed by atoms with van der Waals surface area (Å²) in [5.74, 6) is -0.763. The lowest BCUT2D eigenvalue weighted by atomic mass is 9.54. The molecule has 1 aromatic rings. The standard InChI is InChI=1S/C21H29NO6/c1-4-27-17-13-21(19(24)25,20(17,2)3)22-18(23)14-5-7-15(8-6-14)28-16-9-11-26-12-10-16/h5-8,16-17H,4,9-13H2,1-3H3,(H,22,23)(H,24,25). The van der Waals surface area contributed by atoms with Gasteiger partial charge in [-0.05, 0) is 31.2 Å². The highest BCUT2D eigenvalue weighted by atomic mass is 16.5. The van der Waals surface area contributed by atoms with Crippen LogP contribution in [0.3, 0.4) is 0 Å². The van der Waals surface area contributed by atoms with Gasteiger partial charge in [0.15, 0.2) is 0 Å². The molecule has 7 heteroatoms. The predicted molar refractivity (Wildman–Crippen MR) is 103 cm³/mol. The fourth-order valence-corrected chi connectivity index (χ4v) is 3.97. The Balaban J connectivity index is 1.67. The second-order valence-electron chi connectivity index (χ2n) is 7.99. The molecular weight excluding hydrogens is 362 g/mol. The van der Waals surface area contributed by atoms with Gasteiger partial charge in [0, 0.05) is 36.8 Å². The van der Waals surface area contributed by atoms with Crippen molar-refractivity contribution >= 4 is 11.9 Å². The first kappa shape index (κ1) is 20.6. The molecule has 0 radical (unpaired) electrons. The minimum Gasteiger partial charge on any atom is -0.490 e. The molecule has 7 nitrogen and oxygen atoms in total. The minimum atomic E-state index is -1.35. The molecule has 0 bridgehead atoms. The summed E-state index contributed by atoms with van der Waals surface area (Å²) >= 11 is 0. The summed E-state index contributed by atoms with van der Waals surface area (Å²) in [6, 6.07) is 6.80. The summed E-state index contributed by atoms with van der Waals surface area (Å²) in [6.45, 7) is 7.40. The molecule has 2 N–H and O–H groups in total. The molecule has 1 amide bonds. The SMILES string of the molecule is CCOC1CC(NC(=O)c2ccc(OC3CCOCC3)cc2)(C(=O)O)C1(C)C. The van der Waals surface area contributed by atoms with Crippen LogP contribution >= 0.6 is 0 Å². The summed E-state index contributed by atoms with van der Waals surface area (Å²) in [6.07, 6.45) is 1.86. The summed E-state index contributed by atoms with van der Waals surface area (Å²) in [5, 5.41) is 12.6. The number of carboxylic acids is 1. The maximum Gasteiger partial charge on any atom is 0.330 e. The van der Waals surface area contributed by atoms with E-state index in [1.807, 2.05) is 20.8 Å². The van der Waals surface area contributed by atoms with Gasteiger partial charge in [0.2, 0.25) is 0 Å². The van der Waals surface area contributed by atoms with Gasteiger partial charge in [-0.3, -0.25) is 4.79 Å². The largest absolute Gasteiger partial charge is 0.490 e. The van der Waals surface area contributed by atoms with Gasteiger partial charge in [-0.2, -0.15) is 0 Å². The van der Waals surface area contributed by atoms with Crippen LogP contribution in [0.15, 0.2) is 24.3 Å². The van der Waals surface area contributed by atoms with E-state index in [1.165, 1.54) is 0 Å². The molecule has 2 atom stereocenters. The van der Waals surface area contributed by atoms with Gasteiger partial charge >= 0.3 is 5.97 Å². The van der Waals surface area contributed by atoms with E-state index in [1.54, 1.807) is 24.3 Å². The van der Waals surface area contributed by atoms with Crippen molar-refractivity contribution in [1.82, 2.24) is 5.32 Å². The Hall–Kier alpha value is -2.12. The van der Waals surface area contributed by atoms with E-state index in [2.05, 4.69) is 5.32 Å². The van der Waals surface area contributed by atoms with E-state index in [0.717, 1.165) is 12.8 Å². The molecule has 0 spiro atoms. The Kier molecular flexibility index (Phi) is 5.95. The van der Waals surface area contributed by atoms with Gasteiger partial charge in [0.1, 0.15) is 17.4 Å². The second kappa shape index (κ2) is 8.09. The van der Waals surface area contributed by atoms with Gasteiger partial charge in [-0.1, -0.05) is 13.8 Å². The van der Waals surface area contributed by atoms with E-state index in [4.69, 9.17) is 14.2 Å². The fraction of sp³-hybridized carbons (Fsp3) is 0.619. The maximum absolute atomic E-state index is 12.7. The molecule has 3 rings (SSSR count). The zero-order valence-electron chi connectivity index (χ0n) is 16.7. The molecular formula is C21H29NO6.